The molecule has 2 heteroatoms. The smallest absolute Gasteiger partial charge is 0.0606 e. The minimum atomic E-state index is -0.0602. The Morgan fingerprint density at radius 1 is 1.00 bits per heavy atom. The summed E-state index contributed by atoms with van der Waals surface area (Å²) in [6, 6.07) is 0. The van der Waals surface area contributed by atoms with E-state index in [1.165, 1.54) is 57.8 Å². The summed E-state index contributed by atoms with van der Waals surface area (Å²) in [6.07, 6.45) is 14.1. The maximum Gasteiger partial charge on any atom is 0.0606 e. The highest BCUT2D eigenvalue weighted by atomic mass is 16.5. The second-order valence-corrected chi connectivity index (χ2v) is 6.65. The molecule has 0 spiro atoms. The van der Waals surface area contributed by atoms with Crippen LogP contribution in [0.15, 0.2) is 0 Å². The van der Waals surface area contributed by atoms with E-state index < -0.39 is 0 Å². The largest absolute Gasteiger partial charge is 0.393 e. The summed E-state index contributed by atoms with van der Waals surface area (Å²) in [6.45, 7) is 3.20. The Hall–Kier alpha value is -0.0800. The number of hydrogen-bond acceptors (Lipinski definition) is 2. The number of aliphatic hydroxyl groups excluding tert-OH is 1. The molecule has 0 radical (unpaired) electrons. The van der Waals surface area contributed by atoms with Gasteiger partial charge in [0.2, 0.25) is 0 Å². The van der Waals surface area contributed by atoms with E-state index in [0.29, 0.717) is 12.0 Å². The van der Waals surface area contributed by atoms with Crippen LogP contribution >= 0.6 is 0 Å². The fraction of sp³-hybridized carbons (Fsp3) is 1.00. The number of hydrogen-bond donors (Lipinski definition) is 1. The standard InChI is InChI=1S/C17H32O2/c1-2-3-4-5-6-12-19-17-9-7-8-14-10-11-15(18)13-16(14)17/h14-18H,2-13H2,1H3. The zero-order valence-corrected chi connectivity index (χ0v) is 12.7. The Bertz CT molecular complexity index is 241. The van der Waals surface area contributed by atoms with Crippen molar-refractivity contribution in [1.82, 2.24) is 0 Å². The number of ether oxygens (including phenoxy) is 1. The first-order valence-electron chi connectivity index (χ1n) is 8.61. The Labute approximate surface area is 118 Å². The van der Waals surface area contributed by atoms with Crippen LogP contribution in [0.25, 0.3) is 0 Å². The summed E-state index contributed by atoms with van der Waals surface area (Å²) < 4.78 is 6.17. The Morgan fingerprint density at radius 3 is 2.68 bits per heavy atom. The minimum Gasteiger partial charge on any atom is -0.393 e. The molecule has 4 atom stereocenters. The van der Waals surface area contributed by atoms with Crippen LogP contribution < -0.4 is 0 Å². The number of fused-ring (bicyclic) bond motifs is 1. The Balaban J connectivity index is 1.66. The van der Waals surface area contributed by atoms with E-state index in [1.54, 1.807) is 0 Å². The predicted molar refractivity (Wildman–Crippen MR) is 79.2 cm³/mol. The fourth-order valence-corrected chi connectivity index (χ4v) is 4.00. The lowest BCUT2D eigenvalue weighted by atomic mass is 9.68. The van der Waals surface area contributed by atoms with Crippen molar-refractivity contribution in [1.29, 1.82) is 0 Å². The zero-order valence-electron chi connectivity index (χ0n) is 12.7. The number of rotatable bonds is 7. The van der Waals surface area contributed by atoms with Crippen LogP contribution in [0.4, 0.5) is 0 Å². The summed E-state index contributed by atoms with van der Waals surface area (Å²) in [4.78, 5) is 0. The molecule has 2 aliphatic carbocycles. The van der Waals surface area contributed by atoms with Crippen molar-refractivity contribution in [3.8, 4) is 0 Å². The summed E-state index contributed by atoms with van der Waals surface area (Å²) in [5.41, 5.74) is 0. The molecule has 0 aromatic heterocycles. The summed E-state index contributed by atoms with van der Waals surface area (Å²) >= 11 is 0. The molecule has 2 nitrogen and oxygen atoms in total. The number of unbranched alkanes of at least 4 members (excludes halogenated alkanes) is 4. The molecule has 0 aliphatic heterocycles. The fourth-order valence-electron chi connectivity index (χ4n) is 4.00. The van der Waals surface area contributed by atoms with E-state index in [1.807, 2.05) is 0 Å². The molecule has 2 saturated carbocycles. The van der Waals surface area contributed by atoms with Crippen molar-refractivity contribution in [3.05, 3.63) is 0 Å². The van der Waals surface area contributed by atoms with E-state index >= 15 is 0 Å². The van der Waals surface area contributed by atoms with Crippen molar-refractivity contribution in [3.63, 3.8) is 0 Å². The Morgan fingerprint density at radius 2 is 1.84 bits per heavy atom. The van der Waals surface area contributed by atoms with Crippen LogP contribution in [-0.4, -0.2) is 23.9 Å². The first-order chi connectivity index (χ1) is 9.31. The van der Waals surface area contributed by atoms with Gasteiger partial charge in [-0.1, -0.05) is 39.0 Å². The Kier molecular flexibility index (Phi) is 6.66. The van der Waals surface area contributed by atoms with Gasteiger partial charge in [0.1, 0.15) is 0 Å². The van der Waals surface area contributed by atoms with Crippen molar-refractivity contribution in [2.24, 2.45) is 11.8 Å². The molecule has 19 heavy (non-hydrogen) atoms. The van der Waals surface area contributed by atoms with Crippen LogP contribution in [0.1, 0.15) is 77.6 Å². The van der Waals surface area contributed by atoms with Gasteiger partial charge in [0.15, 0.2) is 0 Å². The molecule has 112 valence electrons. The molecule has 4 unspecified atom stereocenters. The van der Waals surface area contributed by atoms with Crippen LogP contribution in [-0.2, 0) is 4.74 Å². The topological polar surface area (TPSA) is 29.5 Å². The van der Waals surface area contributed by atoms with Gasteiger partial charge >= 0.3 is 0 Å². The molecule has 0 aromatic carbocycles. The van der Waals surface area contributed by atoms with Gasteiger partial charge in [0, 0.05) is 6.61 Å². The molecule has 1 N–H and O–H groups in total. The van der Waals surface area contributed by atoms with Gasteiger partial charge < -0.3 is 9.84 Å². The van der Waals surface area contributed by atoms with Crippen molar-refractivity contribution >= 4 is 0 Å². The highest BCUT2D eigenvalue weighted by Crippen LogP contribution is 2.41. The molecule has 0 amide bonds. The molecular formula is C17H32O2. The van der Waals surface area contributed by atoms with E-state index in [-0.39, 0.29) is 6.10 Å². The highest BCUT2D eigenvalue weighted by molar-refractivity contribution is 4.88. The second kappa shape index (κ2) is 8.26. The van der Waals surface area contributed by atoms with Gasteiger partial charge in [-0.25, -0.2) is 0 Å². The van der Waals surface area contributed by atoms with Gasteiger partial charge in [0.25, 0.3) is 0 Å². The van der Waals surface area contributed by atoms with Gasteiger partial charge in [-0.15, -0.1) is 0 Å². The molecule has 2 rings (SSSR count). The first kappa shape index (κ1) is 15.3. The molecule has 0 saturated heterocycles. The average molecular weight is 268 g/mol. The van der Waals surface area contributed by atoms with Gasteiger partial charge in [-0.2, -0.15) is 0 Å². The monoisotopic (exact) mass is 268 g/mol. The number of aliphatic hydroxyl groups is 1. The summed E-state index contributed by atoms with van der Waals surface area (Å²) in [7, 11) is 0. The summed E-state index contributed by atoms with van der Waals surface area (Å²) in [5, 5.41) is 9.88. The maximum absolute atomic E-state index is 9.88. The van der Waals surface area contributed by atoms with Crippen molar-refractivity contribution < 1.29 is 9.84 Å². The first-order valence-corrected chi connectivity index (χ1v) is 8.61. The van der Waals surface area contributed by atoms with Gasteiger partial charge in [-0.05, 0) is 50.4 Å². The van der Waals surface area contributed by atoms with Gasteiger partial charge in [0.05, 0.1) is 12.2 Å². The average Bonchev–Trinajstić information content (AvgIpc) is 2.43. The van der Waals surface area contributed by atoms with E-state index in [9.17, 15) is 5.11 Å². The molecular weight excluding hydrogens is 236 g/mol. The van der Waals surface area contributed by atoms with Gasteiger partial charge in [-0.3, -0.25) is 0 Å². The third kappa shape index (κ3) is 4.75. The lowest BCUT2D eigenvalue weighted by molar-refractivity contribution is -0.0701. The summed E-state index contributed by atoms with van der Waals surface area (Å²) in [5.74, 6) is 1.48. The third-order valence-corrected chi connectivity index (χ3v) is 5.14. The predicted octanol–water partition coefficient (Wildman–Crippen LogP) is 4.30. The van der Waals surface area contributed by atoms with E-state index in [0.717, 1.165) is 25.4 Å². The maximum atomic E-state index is 9.88. The molecule has 2 fully saturated rings. The lowest BCUT2D eigenvalue weighted by Crippen LogP contribution is -2.40. The van der Waals surface area contributed by atoms with Crippen LogP contribution in [0.5, 0.6) is 0 Å². The molecule has 2 aliphatic rings. The molecule has 0 bridgehead atoms. The van der Waals surface area contributed by atoms with E-state index in [4.69, 9.17) is 4.74 Å². The lowest BCUT2D eigenvalue weighted by Gasteiger charge is -2.42. The highest BCUT2D eigenvalue weighted by Gasteiger charge is 2.37. The SMILES string of the molecule is CCCCCCCOC1CCCC2CCC(O)CC21. The third-order valence-electron chi connectivity index (χ3n) is 5.14. The second-order valence-electron chi connectivity index (χ2n) is 6.65. The molecule has 0 heterocycles. The van der Waals surface area contributed by atoms with Crippen LogP contribution in [0, 0.1) is 11.8 Å². The van der Waals surface area contributed by atoms with Crippen LogP contribution in [0.2, 0.25) is 0 Å². The minimum absolute atomic E-state index is 0.0602. The normalized spacial score (nSPS) is 35.1. The van der Waals surface area contributed by atoms with Crippen molar-refractivity contribution in [2.75, 3.05) is 6.61 Å². The van der Waals surface area contributed by atoms with Crippen molar-refractivity contribution in [2.45, 2.75) is 89.8 Å². The quantitative estimate of drug-likeness (QED) is 0.697. The zero-order chi connectivity index (χ0) is 13.5. The molecule has 0 aromatic rings. The van der Waals surface area contributed by atoms with Crippen LogP contribution in [0.3, 0.4) is 0 Å². The van der Waals surface area contributed by atoms with E-state index in [2.05, 4.69) is 6.92 Å².